The van der Waals surface area contributed by atoms with Crippen LogP contribution >= 0.6 is 11.3 Å². The van der Waals surface area contributed by atoms with Crippen molar-refractivity contribution in [1.82, 2.24) is 0 Å². The summed E-state index contributed by atoms with van der Waals surface area (Å²) >= 11 is 1.85. The minimum absolute atomic E-state index is 0.923. The number of rotatable bonds is 2. The number of hydrogen-bond donors (Lipinski definition) is 0. The summed E-state index contributed by atoms with van der Waals surface area (Å²) in [6, 6.07) is 52.9. The molecule has 8 aromatic carbocycles. The molecule has 44 heavy (non-hydrogen) atoms. The first kappa shape index (κ1) is 24.0. The Hall–Kier alpha value is -5.44. The van der Waals surface area contributed by atoms with Crippen molar-refractivity contribution >= 4 is 85.8 Å². The molecule has 0 bridgehead atoms. The molecule has 0 aliphatic heterocycles. The Morgan fingerprint density at radius 2 is 0.932 bits per heavy atom. The first-order valence-electron chi connectivity index (χ1n) is 15.0. The monoisotopic (exact) mass is 576 g/mol. The third-order valence-corrected chi connectivity index (χ3v) is 10.4. The molecule has 10 aromatic rings. The summed E-state index contributed by atoms with van der Waals surface area (Å²) in [6.45, 7) is 0. The van der Waals surface area contributed by atoms with Crippen molar-refractivity contribution in [1.29, 1.82) is 0 Å². The quantitative estimate of drug-likeness (QED) is 0.187. The molecule has 0 N–H and O–H groups in total. The van der Waals surface area contributed by atoms with Gasteiger partial charge in [-0.15, -0.1) is 11.3 Å². The number of hydrogen-bond acceptors (Lipinski definition) is 2. The maximum absolute atomic E-state index is 6.59. The van der Waals surface area contributed by atoms with E-state index >= 15 is 0 Å². The second-order valence-electron chi connectivity index (χ2n) is 11.6. The Morgan fingerprint density at radius 3 is 1.68 bits per heavy atom. The largest absolute Gasteiger partial charge is 0.456 e. The van der Waals surface area contributed by atoms with E-state index in [2.05, 4.69) is 146 Å². The van der Waals surface area contributed by atoms with Gasteiger partial charge in [0.1, 0.15) is 11.2 Å². The van der Waals surface area contributed by atoms with E-state index in [9.17, 15) is 0 Å². The predicted octanol–water partition coefficient (Wildman–Crippen LogP) is 12.7. The lowest BCUT2D eigenvalue weighted by molar-refractivity contribution is 0.669. The lowest BCUT2D eigenvalue weighted by Crippen LogP contribution is -1.92. The van der Waals surface area contributed by atoms with Crippen LogP contribution < -0.4 is 0 Å². The molecule has 0 saturated heterocycles. The molecular formula is C42H24OS. The summed E-state index contributed by atoms with van der Waals surface area (Å²) < 4.78 is 9.13. The van der Waals surface area contributed by atoms with Crippen LogP contribution in [0.1, 0.15) is 0 Å². The van der Waals surface area contributed by atoms with Gasteiger partial charge in [-0.3, -0.25) is 0 Å². The van der Waals surface area contributed by atoms with Gasteiger partial charge in [0.25, 0.3) is 0 Å². The van der Waals surface area contributed by atoms with Crippen LogP contribution in [0, 0.1) is 0 Å². The summed E-state index contributed by atoms with van der Waals surface area (Å²) in [5.41, 5.74) is 6.94. The second kappa shape index (κ2) is 9.03. The Morgan fingerprint density at radius 1 is 0.364 bits per heavy atom. The van der Waals surface area contributed by atoms with Gasteiger partial charge < -0.3 is 4.42 Å². The van der Waals surface area contributed by atoms with E-state index < -0.39 is 0 Å². The van der Waals surface area contributed by atoms with Gasteiger partial charge in [-0.05, 0) is 67.2 Å². The van der Waals surface area contributed by atoms with E-state index in [0.717, 1.165) is 16.6 Å². The van der Waals surface area contributed by atoms with Gasteiger partial charge in [-0.1, -0.05) is 127 Å². The fourth-order valence-corrected chi connectivity index (χ4v) is 8.62. The summed E-state index contributed by atoms with van der Waals surface area (Å²) in [7, 11) is 0. The van der Waals surface area contributed by atoms with Crippen molar-refractivity contribution in [3.8, 4) is 22.3 Å². The molecule has 0 fully saturated rings. The highest BCUT2D eigenvalue weighted by atomic mass is 32.1. The third-order valence-electron chi connectivity index (χ3n) is 9.25. The van der Waals surface area contributed by atoms with Crippen LogP contribution in [0.5, 0.6) is 0 Å². The minimum atomic E-state index is 0.923. The van der Waals surface area contributed by atoms with Gasteiger partial charge in [-0.2, -0.15) is 0 Å². The maximum atomic E-state index is 6.59. The lowest BCUT2D eigenvalue weighted by Gasteiger charge is -2.20. The molecular weight excluding hydrogens is 553 g/mol. The van der Waals surface area contributed by atoms with Gasteiger partial charge >= 0.3 is 0 Å². The maximum Gasteiger partial charge on any atom is 0.137 e. The Balaban J connectivity index is 1.48. The Labute approximate surface area is 257 Å². The summed E-state index contributed by atoms with van der Waals surface area (Å²) in [5, 5.41) is 12.5. The van der Waals surface area contributed by atoms with Crippen molar-refractivity contribution in [2.75, 3.05) is 0 Å². The molecule has 204 valence electrons. The van der Waals surface area contributed by atoms with E-state index in [1.54, 1.807) is 0 Å². The molecule has 0 unspecified atom stereocenters. The second-order valence-corrected chi connectivity index (χ2v) is 12.6. The molecule has 0 spiro atoms. The van der Waals surface area contributed by atoms with E-state index in [1.807, 2.05) is 11.3 Å². The van der Waals surface area contributed by atoms with E-state index in [0.29, 0.717) is 0 Å². The van der Waals surface area contributed by atoms with Crippen molar-refractivity contribution < 1.29 is 4.42 Å². The van der Waals surface area contributed by atoms with Crippen LogP contribution in [0.15, 0.2) is 150 Å². The highest BCUT2D eigenvalue weighted by molar-refractivity contribution is 7.26. The summed E-state index contributed by atoms with van der Waals surface area (Å²) in [6.07, 6.45) is 0. The molecule has 2 heteroatoms. The number of thiophene rings is 1. The molecule has 0 atom stereocenters. The average molecular weight is 577 g/mol. The SMILES string of the molecule is c1ccc2c(-c3c4ccccc4c(-c4c5c(cc6sc7ccccc7c46)oc4ccccc45)c4ccccc34)cccc2c1. The van der Waals surface area contributed by atoms with E-state index in [4.69, 9.17) is 4.42 Å². The zero-order valence-corrected chi connectivity index (χ0v) is 24.5. The topological polar surface area (TPSA) is 13.1 Å². The van der Waals surface area contributed by atoms with Crippen molar-refractivity contribution in [2.45, 2.75) is 0 Å². The van der Waals surface area contributed by atoms with Crippen molar-refractivity contribution in [3.63, 3.8) is 0 Å². The van der Waals surface area contributed by atoms with Crippen LogP contribution in [0.3, 0.4) is 0 Å². The molecule has 2 heterocycles. The van der Waals surface area contributed by atoms with Gasteiger partial charge in [0.05, 0.1) is 0 Å². The van der Waals surface area contributed by atoms with Crippen LogP contribution in [0.2, 0.25) is 0 Å². The van der Waals surface area contributed by atoms with Gasteiger partial charge in [0.2, 0.25) is 0 Å². The van der Waals surface area contributed by atoms with Crippen molar-refractivity contribution in [3.05, 3.63) is 146 Å². The first-order chi connectivity index (χ1) is 21.8. The molecule has 10 rings (SSSR count). The number of para-hydroxylation sites is 1. The molecule has 0 saturated carbocycles. The summed E-state index contributed by atoms with van der Waals surface area (Å²) in [4.78, 5) is 0. The molecule has 1 nitrogen and oxygen atoms in total. The molecule has 0 aliphatic rings. The third kappa shape index (κ3) is 3.23. The zero-order chi connectivity index (χ0) is 28.8. The minimum Gasteiger partial charge on any atom is -0.456 e. The number of fused-ring (bicyclic) bond motifs is 9. The van der Waals surface area contributed by atoms with E-state index in [-0.39, 0.29) is 0 Å². The highest BCUT2D eigenvalue weighted by Gasteiger charge is 2.24. The fourth-order valence-electron chi connectivity index (χ4n) is 7.47. The first-order valence-corrected chi connectivity index (χ1v) is 15.8. The molecule has 0 amide bonds. The highest BCUT2D eigenvalue weighted by Crippen LogP contribution is 2.52. The van der Waals surface area contributed by atoms with Crippen molar-refractivity contribution in [2.24, 2.45) is 0 Å². The molecule has 0 aliphatic carbocycles. The Bertz CT molecular complexity index is 2630. The standard InChI is InChI=1S/C42H24OS/c1-2-14-26-25(12-1)13-11-21-27(26)38-28-15-3-5-17-30(28)39(31-18-6-4-16-29(31)38)42-40-32-19-7-9-22-34(32)43-35(40)24-37-41(42)33-20-8-10-23-36(33)44-37/h1-24H. The van der Waals surface area contributed by atoms with Gasteiger partial charge in [-0.25, -0.2) is 0 Å². The average Bonchev–Trinajstić information content (AvgIpc) is 3.64. The normalized spacial score (nSPS) is 12.1. The van der Waals surface area contributed by atoms with Crippen LogP contribution in [0.4, 0.5) is 0 Å². The van der Waals surface area contributed by atoms with Crippen LogP contribution in [-0.4, -0.2) is 0 Å². The zero-order valence-electron chi connectivity index (χ0n) is 23.7. The smallest absolute Gasteiger partial charge is 0.137 e. The van der Waals surface area contributed by atoms with Gasteiger partial charge in [0.15, 0.2) is 0 Å². The van der Waals surface area contributed by atoms with Crippen LogP contribution in [-0.2, 0) is 0 Å². The Kier molecular flexibility index (Phi) is 4.94. The van der Waals surface area contributed by atoms with Gasteiger partial charge in [0, 0.05) is 36.5 Å². The predicted molar refractivity (Wildman–Crippen MR) is 190 cm³/mol. The molecule has 2 aromatic heterocycles. The fraction of sp³-hybridized carbons (Fsp3) is 0. The van der Waals surface area contributed by atoms with E-state index in [1.165, 1.54) is 80.1 Å². The summed E-state index contributed by atoms with van der Waals surface area (Å²) in [5.74, 6) is 0. The number of benzene rings is 8. The number of furan rings is 1. The lowest BCUT2D eigenvalue weighted by atomic mass is 9.83. The van der Waals surface area contributed by atoms with Crippen LogP contribution in [0.25, 0.3) is 96.7 Å². The molecule has 0 radical (unpaired) electrons.